The molecular weight excluding hydrogens is 176 g/mol. The zero-order chi connectivity index (χ0) is 8.85. The maximum Gasteiger partial charge on any atom is 0.323 e. The van der Waals surface area contributed by atoms with E-state index in [-0.39, 0.29) is 5.75 Å². The van der Waals surface area contributed by atoms with Crippen molar-refractivity contribution >= 4 is 17.7 Å². The van der Waals surface area contributed by atoms with Crippen molar-refractivity contribution < 1.29 is 18.7 Å². The van der Waals surface area contributed by atoms with Crippen molar-refractivity contribution in [2.24, 2.45) is 5.73 Å². The molecule has 2 atom stereocenters. The summed E-state index contributed by atoms with van der Waals surface area (Å²) in [5.41, 5.74) is 4.89. The zero-order valence-corrected chi connectivity index (χ0v) is 6.48. The molecule has 0 heterocycles. The summed E-state index contributed by atoms with van der Waals surface area (Å²) in [6.07, 6.45) is -1.69. The lowest BCUT2D eigenvalue weighted by Gasteiger charge is -2.10. The van der Waals surface area contributed by atoms with Gasteiger partial charge in [-0.1, -0.05) is 0 Å². The maximum atomic E-state index is 12.5. The first-order valence-corrected chi connectivity index (χ1v) is 4.01. The topological polar surface area (TPSA) is 63.3 Å². The number of hydrogen-bond acceptors (Lipinski definition) is 3. The molecule has 0 aromatic rings. The van der Waals surface area contributed by atoms with E-state index in [1.807, 2.05) is 0 Å². The van der Waals surface area contributed by atoms with Gasteiger partial charge >= 0.3 is 5.97 Å². The Labute approximate surface area is 66.9 Å². The van der Waals surface area contributed by atoms with Crippen molar-refractivity contribution in [3.63, 3.8) is 0 Å². The van der Waals surface area contributed by atoms with Crippen LogP contribution in [0.1, 0.15) is 0 Å². The molecule has 0 spiro atoms. The van der Waals surface area contributed by atoms with Gasteiger partial charge in [-0.3, -0.25) is 4.79 Å². The summed E-state index contributed by atoms with van der Waals surface area (Å²) in [5, 5.41) is 8.18. The lowest BCUT2D eigenvalue weighted by molar-refractivity contribution is -0.139. The van der Waals surface area contributed by atoms with Crippen molar-refractivity contribution in [2.45, 2.75) is 12.2 Å². The first-order chi connectivity index (χ1) is 5.09. The average Bonchev–Trinajstić information content (AvgIpc) is 1.98. The highest BCUT2D eigenvalue weighted by atomic mass is 32.2. The van der Waals surface area contributed by atoms with Crippen molar-refractivity contribution in [1.82, 2.24) is 0 Å². The van der Waals surface area contributed by atoms with Crippen molar-refractivity contribution in [3.8, 4) is 0 Å². The number of rotatable bonds is 5. The van der Waals surface area contributed by atoms with Crippen LogP contribution >= 0.6 is 11.8 Å². The van der Waals surface area contributed by atoms with Crippen LogP contribution in [0.15, 0.2) is 0 Å². The monoisotopic (exact) mass is 185 g/mol. The quantitative estimate of drug-likeness (QED) is 0.650. The highest BCUT2D eigenvalue weighted by Gasteiger charge is 2.23. The molecule has 3 N–H and O–H groups in total. The third kappa shape index (κ3) is 4.15. The van der Waals surface area contributed by atoms with E-state index >= 15 is 0 Å². The molecular formula is C5H9F2NO2S. The molecule has 3 nitrogen and oxygen atoms in total. The van der Waals surface area contributed by atoms with Gasteiger partial charge in [-0.05, 0) is 0 Å². The SMILES string of the molecule is NC(C(=O)O)C(F)CSCF. The van der Waals surface area contributed by atoms with Crippen molar-refractivity contribution in [1.29, 1.82) is 0 Å². The maximum absolute atomic E-state index is 12.5. The molecule has 0 aliphatic rings. The van der Waals surface area contributed by atoms with Crippen LogP contribution in [0.3, 0.4) is 0 Å². The highest BCUT2D eigenvalue weighted by Crippen LogP contribution is 2.08. The van der Waals surface area contributed by atoms with Gasteiger partial charge in [0.2, 0.25) is 0 Å². The Kier molecular flexibility index (Phi) is 5.14. The fraction of sp³-hybridized carbons (Fsp3) is 0.800. The van der Waals surface area contributed by atoms with Crippen molar-refractivity contribution in [2.75, 3.05) is 11.8 Å². The van der Waals surface area contributed by atoms with Crippen LogP contribution in [0.4, 0.5) is 8.78 Å². The standard InChI is InChI=1S/C5H9F2NO2S/c6-2-11-1-3(7)4(8)5(9)10/h3-4H,1-2,8H2,(H,9,10). The number of thioether (sulfide) groups is 1. The molecule has 0 aliphatic heterocycles. The summed E-state index contributed by atoms with van der Waals surface area (Å²) >= 11 is 0.677. The number of carboxylic acids is 1. The second kappa shape index (κ2) is 5.31. The predicted octanol–water partition coefficient (Wildman–Crippen LogP) is 0.397. The van der Waals surface area contributed by atoms with Crippen LogP contribution in [0, 0.1) is 0 Å². The molecule has 0 saturated carbocycles. The minimum Gasteiger partial charge on any atom is -0.480 e. The van der Waals surface area contributed by atoms with Gasteiger partial charge < -0.3 is 10.8 Å². The van der Waals surface area contributed by atoms with Gasteiger partial charge in [0.1, 0.15) is 18.2 Å². The number of carboxylic acid groups (broad SMARTS) is 1. The number of alkyl halides is 2. The Morgan fingerprint density at radius 2 is 2.27 bits per heavy atom. The normalized spacial score (nSPS) is 15.9. The van der Waals surface area contributed by atoms with E-state index in [2.05, 4.69) is 0 Å². The van der Waals surface area contributed by atoms with Crippen LogP contribution in [0.25, 0.3) is 0 Å². The summed E-state index contributed by atoms with van der Waals surface area (Å²) in [6, 6.07) is -2.28. The van der Waals surface area contributed by atoms with Gasteiger partial charge in [-0.15, -0.1) is 11.8 Å². The van der Waals surface area contributed by atoms with Crippen LogP contribution in [0.2, 0.25) is 0 Å². The minimum atomic E-state index is -1.69. The van der Waals surface area contributed by atoms with Gasteiger partial charge in [0.15, 0.2) is 0 Å². The fourth-order valence-electron chi connectivity index (χ4n) is 0.416. The molecule has 11 heavy (non-hydrogen) atoms. The lowest BCUT2D eigenvalue weighted by atomic mass is 10.2. The summed E-state index contributed by atoms with van der Waals surface area (Å²) < 4.78 is 24.0. The summed E-state index contributed by atoms with van der Waals surface area (Å²) in [5.74, 6) is -1.62. The molecule has 0 saturated heterocycles. The number of nitrogens with two attached hydrogens (primary N) is 1. The summed E-state index contributed by atoms with van der Waals surface area (Å²) in [4.78, 5) is 10.0. The molecule has 0 rings (SSSR count). The molecule has 0 aromatic heterocycles. The predicted molar refractivity (Wildman–Crippen MR) is 38.9 cm³/mol. The van der Waals surface area contributed by atoms with E-state index < -0.39 is 24.2 Å². The average molecular weight is 185 g/mol. The van der Waals surface area contributed by atoms with Gasteiger partial charge in [0, 0.05) is 5.75 Å². The Balaban J connectivity index is 3.63. The summed E-state index contributed by atoms with van der Waals surface area (Å²) in [7, 11) is 0. The Bertz CT molecular complexity index is 136. The fourth-order valence-corrected chi connectivity index (χ4v) is 0.937. The van der Waals surface area contributed by atoms with E-state index in [1.54, 1.807) is 0 Å². The van der Waals surface area contributed by atoms with Crippen LogP contribution in [0.5, 0.6) is 0 Å². The Morgan fingerprint density at radius 3 is 2.64 bits per heavy atom. The van der Waals surface area contributed by atoms with Crippen LogP contribution in [-0.2, 0) is 4.79 Å². The molecule has 66 valence electrons. The summed E-state index contributed by atoms with van der Waals surface area (Å²) in [6.45, 7) is 0. The smallest absolute Gasteiger partial charge is 0.323 e. The Hall–Kier alpha value is -0.360. The molecule has 0 fully saturated rings. The molecule has 0 amide bonds. The largest absolute Gasteiger partial charge is 0.480 e. The third-order valence-electron chi connectivity index (χ3n) is 1.03. The number of aliphatic carboxylic acids is 1. The molecule has 0 bridgehead atoms. The first-order valence-electron chi connectivity index (χ1n) is 2.85. The van der Waals surface area contributed by atoms with E-state index in [9.17, 15) is 13.6 Å². The van der Waals surface area contributed by atoms with Gasteiger partial charge in [-0.25, -0.2) is 8.78 Å². The lowest BCUT2D eigenvalue weighted by Crippen LogP contribution is -2.40. The van der Waals surface area contributed by atoms with E-state index in [1.165, 1.54) is 0 Å². The number of hydrogen-bond donors (Lipinski definition) is 2. The Morgan fingerprint density at radius 1 is 1.73 bits per heavy atom. The van der Waals surface area contributed by atoms with E-state index in [4.69, 9.17) is 10.8 Å². The van der Waals surface area contributed by atoms with Crippen LogP contribution < -0.4 is 5.73 Å². The molecule has 0 aliphatic carbocycles. The van der Waals surface area contributed by atoms with Gasteiger partial charge in [-0.2, -0.15) is 0 Å². The molecule has 0 aromatic carbocycles. The first kappa shape index (κ1) is 10.6. The molecule has 2 unspecified atom stereocenters. The highest BCUT2D eigenvalue weighted by molar-refractivity contribution is 7.99. The van der Waals surface area contributed by atoms with Crippen molar-refractivity contribution in [3.05, 3.63) is 0 Å². The van der Waals surface area contributed by atoms with Gasteiger partial charge in [0.25, 0.3) is 0 Å². The van der Waals surface area contributed by atoms with Crippen LogP contribution in [-0.4, -0.2) is 35.0 Å². The second-order valence-corrected chi connectivity index (χ2v) is 2.82. The number of halogens is 2. The van der Waals surface area contributed by atoms with E-state index in [0.29, 0.717) is 11.8 Å². The third-order valence-corrected chi connectivity index (χ3v) is 1.74. The second-order valence-electron chi connectivity index (χ2n) is 1.86. The number of carbonyl (C=O) groups is 1. The zero-order valence-electron chi connectivity index (χ0n) is 5.67. The van der Waals surface area contributed by atoms with Gasteiger partial charge in [0.05, 0.1) is 0 Å². The van der Waals surface area contributed by atoms with E-state index in [0.717, 1.165) is 0 Å². The minimum absolute atomic E-state index is 0.218. The molecule has 0 radical (unpaired) electrons. The molecule has 6 heteroatoms.